The van der Waals surface area contributed by atoms with E-state index in [2.05, 4.69) is 0 Å². The van der Waals surface area contributed by atoms with Crippen LogP contribution < -0.4 is 0 Å². The van der Waals surface area contributed by atoms with Crippen LogP contribution in [-0.2, 0) is 17.4 Å². The highest BCUT2D eigenvalue weighted by atomic mass is 19.4. The molecule has 1 aromatic rings. The highest BCUT2D eigenvalue weighted by Crippen LogP contribution is 2.30. The van der Waals surface area contributed by atoms with Gasteiger partial charge in [-0.2, -0.15) is 18.4 Å². The number of alkyl halides is 3. The molecular weight excluding hydrogens is 223 g/mol. The summed E-state index contributed by atoms with van der Waals surface area (Å²) in [7, 11) is 0. The van der Waals surface area contributed by atoms with E-state index in [1.807, 2.05) is 0 Å². The molecule has 0 unspecified atom stereocenters. The second-order valence-electron chi connectivity index (χ2n) is 3.05. The lowest BCUT2D eigenvalue weighted by Crippen LogP contribution is -2.08. The maximum absolute atomic E-state index is 12.3. The Morgan fingerprint density at radius 1 is 1.44 bits per heavy atom. The average molecular weight is 229 g/mol. The number of carbonyl (C=O) groups is 1. The number of nitrogens with zero attached hydrogens (tertiary/aromatic N) is 1. The fraction of sp³-hybridized carbons (Fsp3) is 0.200. The number of carboxylic acid groups (broad SMARTS) is 1. The molecule has 1 rings (SSSR count). The van der Waals surface area contributed by atoms with Crippen LogP contribution in [0.2, 0.25) is 0 Å². The van der Waals surface area contributed by atoms with E-state index in [9.17, 15) is 18.0 Å². The molecule has 0 aromatic heterocycles. The highest BCUT2D eigenvalue weighted by Gasteiger charge is 2.31. The lowest BCUT2D eigenvalue weighted by molar-refractivity contribution is -0.137. The fourth-order valence-corrected chi connectivity index (χ4v) is 1.17. The first-order valence-corrected chi connectivity index (χ1v) is 4.16. The van der Waals surface area contributed by atoms with Crippen molar-refractivity contribution >= 4 is 5.97 Å². The van der Waals surface area contributed by atoms with Crippen LogP contribution in [0.25, 0.3) is 0 Å². The maximum atomic E-state index is 12.3. The minimum atomic E-state index is -4.53. The molecule has 0 amide bonds. The largest absolute Gasteiger partial charge is 0.481 e. The van der Waals surface area contributed by atoms with Crippen molar-refractivity contribution in [3.05, 3.63) is 34.9 Å². The molecule has 1 aromatic carbocycles. The number of carboxylic acids is 1. The normalized spacial score (nSPS) is 10.9. The van der Waals surface area contributed by atoms with Gasteiger partial charge in [-0.3, -0.25) is 4.79 Å². The van der Waals surface area contributed by atoms with Crippen LogP contribution in [0.3, 0.4) is 0 Å². The van der Waals surface area contributed by atoms with E-state index in [1.54, 1.807) is 6.07 Å². The minimum absolute atomic E-state index is 0.0722. The van der Waals surface area contributed by atoms with Gasteiger partial charge in [-0.15, -0.1) is 0 Å². The number of aliphatic carboxylic acids is 1. The van der Waals surface area contributed by atoms with Crippen molar-refractivity contribution in [3.63, 3.8) is 0 Å². The van der Waals surface area contributed by atoms with Crippen molar-refractivity contribution in [2.45, 2.75) is 12.6 Å². The van der Waals surface area contributed by atoms with Crippen molar-refractivity contribution in [3.8, 4) is 6.07 Å². The quantitative estimate of drug-likeness (QED) is 0.845. The Hall–Kier alpha value is -2.03. The third-order valence-corrected chi connectivity index (χ3v) is 1.90. The van der Waals surface area contributed by atoms with Gasteiger partial charge in [0.15, 0.2) is 0 Å². The molecule has 0 aliphatic rings. The molecule has 3 nitrogen and oxygen atoms in total. The Kier molecular flexibility index (Phi) is 3.18. The number of hydrogen-bond acceptors (Lipinski definition) is 2. The maximum Gasteiger partial charge on any atom is 0.416 e. The molecule has 0 saturated carbocycles. The van der Waals surface area contributed by atoms with Crippen LogP contribution in [0.5, 0.6) is 0 Å². The zero-order chi connectivity index (χ0) is 12.3. The number of halogens is 3. The second-order valence-corrected chi connectivity index (χ2v) is 3.05. The summed E-state index contributed by atoms with van der Waals surface area (Å²) in [5.41, 5.74) is -1.15. The Labute approximate surface area is 88.7 Å². The summed E-state index contributed by atoms with van der Waals surface area (Å²) < 4.78 is 36.8. The lowest BCUT2D eigenvalue weighted by Gasteiger charge is -2.08. The molecule has 6 heteroatoms. The predicted octanol–water partition coefficient (Wildman–Crippen LogP) is 2.20. The molecule has 0 atom stereocenters. The van der Waals surface area contributed by atoms with Crippen LogP contribution >= 0.6 is 0 Å². The van der Waals surface area contributed by atoms with Gasteiger partial charge in [-0.25, -0.2) is 0 Å². The summed E-state index contributed by atoms with van der Waals surface area (Å²) in [6.07, 6.45) is -5.01. The number of benzene rings is 1. The van der Waals surface area contributed by atoms with E-state index >= 15 is 0 Å². The van der Waals surface area contributed by atoms with Crippen molar-refractivity contribution in [2.75, 3.05) is 0 Å². The van der Waals surface area contributed by atoms with Gasteiger partial charge in [0.2, 0.25) is 0 Å². The standard InChI is InChI=1S/C10H6F3NO2/c11-10(12,13)8-2-1-6(4-9(15)16)7(3-8)5-14/h1-3H,4H2,(H,15,16). The zero-order valence-electron chi connectivity index (χ0n) is 7.88. The van der Waals surface area contributed by atoms with Crippen LogP contribution in [0.4, 0.5) is 13.2 Å². The average Bonchev–Trinajstić information content (AvgIpc) is 2.15. The zero-order valence-corrected chi connectivity index (χ0v) is 7.88. The predicted molar refractivity (Wildman–Crippen MR) is 47.5 cm³/mol. The van der Waals surface area contributed by atoms with Gasteiger partial charge in [0.1, 0.15) is 0 Å². The van der Waals surface area contributed by atoms with E-state index < -0.39 is 24.1 Å². The monoisotopic (exact) mass is 229 g/mol. The Morgan fingerprint density at radius 3 is 2.50 bits per heavy atom. The van der Waals surface area contributed by atoms with Crippen molar-refractivity contribution in [1.82, 2.24) is 0 Å². The van der Waals surface area contributed by atoms with Gasteiger partial charge >= 0.3 is 12.1 Å². The molecule has 16 heavy (non-hydrogen) atoms. The number of hydrogen-bond donors (Lipinski definition) is 1. The molecule has 0 saturated heterocycles. The Balaban J connectivity index is 3.18. The summed E-state index contributed by atoms with van der Waals surface area (Å²) in [6, 6.07) is 3.97. The molecule has 0 radical (unpaired) electrons. The summed E-state index contributed by atoms with van der Waals surface area (Å²) >= 11 is 0. The van der Waals surface area contributed by atoms with Gasteiger partial charge in [0, 0.05) is 0 Å². The molecular formula is C10H6F3NO2. The van der Waals surface area contributed by atoms with Crippen LogP contribution in [0, 0.1) is 11.3 Å². The third kappa shape index (κ3) is 2.73. The molecule has 0 bridgehead atoms. The van der Waals surface area contributed by atoms with Gasteiger partial charge in [-0.05, 0) is 17.7 Å². The number of nitriles is 1. The smallest absolute Gasteiger partial charge is 0.416 e. The van der Waals surface area contributed by atoms with Gasteiger partial charge in [-0.1, -0.05) is 6.07 Å². The first-order chi connectivity index (χ1) is 7.34. The fourth-order valence-electron chi connectivity index (χ4n) is 1.17. The summed E-state index contributed by atoms with van der Waals surface area (Å²) in [6.45, 7) is 0. The topological polar surface area (TPSA) is 61.1 Å². The Morgan fingerprint density at radius 2 is 2.06 bits per heavy atom. The summed E-state index contributed by atoms with van der Waals surface area (Å²) in [5.74, 6) is -1.20. The number of rotatable bonds is 2. The molecule has 1 N–H and O–H groups in total. The highest BCUT2D eigenvalue weighted by molar-refractivity contribution is 5.71. The third-order valence-electron chi connectivity index (χ3n) is 1.90. The summed E-state index contributed by atoms with van der Waals surface area (Å²) in [5, 5.41) is 17.1. The molecule has 0 heterocycles. The summed E-state index contributed by atoms with van der Waals surface area (Å²) in [4.78, 5) is 10.4. The van der Waals surface area contributed by atoms with E-state index in [4.69, 9.17) is 10.4 Å². The van der Waals surface area contributed by atoms with Gasteiger partial charge in [0.25, 0.3) is 0 Å². The molecule has 84 valence electrons. The first-order valence-electron chi connectivity index (χ1n) is 4.16. The van der Waals surface area contributed by atoms with Crippen molar-refractivity contribution in [2.24, 2.45) is 0 Å². The Bertz CT molecular complexity index is 460. The van der Waals surface area contributed by atoms with Crippen molar-refractivity contribution < 1.29 is 23.1 Å². The molecule has 0 fully saturated rings. The van der Waals surface area contributed by atoms with Gasteiger partial charge < -0.3 is 5.11 Å². The SMILES string of the molecule is N#Cc1cc(C(F)(F)F)ccc1CC(=O)O. The first kappa shape index (κ1) is 12.0. The van der Waals surface area contributed by atoms with E-state index in [-0.39, 0.29) is 11.1 Å². The van der Waals surface area contributed by atoms with E-state index in [1.165, 1.54) is 0 Å². The second kappa shape index (κ2) is 4.23. The van der Waals surface area contributed by atoms with Gasteiger partial charge in [0.05, 0.1) is 23.6 Å². The van der Waals surface area contributed by atoms with Crippen LogP contribution in [0.15, 0.2) is 18.2 Å². The van der Waals surface area contributed by atoms with E-state index in [0.29, 0.717) is 6.07 Å². The molecule has 0 spiro atoms. The minimum Gasteiger partial charge on any atom is -0.481 e. The van der Waals surface area contributed by atoms with E-state index in [0.717, 1.165) is 12.1 Å². The molecule has 0 aliphatic carbocycles. The lowest BCUT2D eigenvalue weighted by atomic mass is 10.0. The van der Waals surface area contributed by atoms with Crippen LogP contribution in [-0.4, -0.2) is 11.1 Å². The van der Waals surface area contributed by atoms with Crippen LogP contribution in [0.1, 0.15) is 16.7 Å². The molecule has 0 aliphatic heterocycles. The van der Waals surface area contributed by atoms with Crippen molar-refractivity contribution in [1.29, 1.82) is 5.26 Å².